The van der Waals surface area contributed by atoms with Gasteiger partial charge in [0.05, 0.1) is 16.7 Å². The van der Waals surface area contributed by atoms with Gasteiger partial charge in [-0.1, -0.05) is 23.7 Å². The SMILES string of the molecule is CCn1c(-c2cccc(Cl)c2)cc2nc(N)ccc21. The fourth-order valence-corrected chi connectivity index (χ4v) is 2.57. The minimum Gasteiger partial charge on any atom is -0.384 e. The maximum Gasteiger partial charge on any atom is 0.124 e. The second-order valence-electron chi connectivity index (χ2n) is 4.42. The molecule has 3 aromatic rings. The molecule has 4 heteroatoms. The van der Waals surface area contributed by atoms with Gasteiger partial charge in [-0.15, -0.1) is 0 Å². The Kier molecular flexibility index (Phi) is 2.91. The molecule has 0 radical (unpaired) electrons. The molecule has 2 aromatic heterocycles. The molecular weight excluding hydrogens is 258 g/mol. The van der Waals surface area contributed by atoms with Gasteiger partial charge in [-0.05, 0) is 42.8 Å². The molecule has 19 heavy (non-hydrogen) atoms. The Morgan fingerprint density at radius 2 is 2.05 bits per heavy atom. The van der Waals surface area contributed by atoms with E-state index in [4.69, 9.17) is 17.3 Å². The van der Waals surface area contributed by atoms with Crippen LogP contribution in [0.2, 0.25) is 5.02 Å². The molecule has 0 aliphatic rings. The molecule has 3 nitrogen and oxygen atoms in total. The molecular formula is C15H14ClN3. The maximum absolute atomic E-state index is 6.07. The summed E-state index contributed by atoms with van der Waals surface area (Å²) in [6, 6.07) is 13.7. The van der Waals surface area contributed by atoms with Crippen LogP contribution in [-0.4, -0.2) is 9.55 Å². The van der Waals surface area contributed by atoms with Gasteiger partial charge in [0.25, 0.3) is 0 Å². The fourth-order valence-electron chi connectivity index (χ4n) is 2.38. The minimum atomic E-state index is 0.540. The van der Waals surface area contributed by atoms with Gasteiger partial charge in [0.1, 0.15) is 5.82 Å². The Hall–Kier alpha value is -2.00. The van der Waals surface area contributed by atoms with Crippen molar-refractivity contribution in [3.63, 3.8) is 0 Å². The highest BCUT2D eigenvalue weighted by molar-refractivity contribution is 6.30. The molecule has 0 saturated carbocycles. The molecule has 3 rings (SSSR count). The van der Waals surface area contributed by atoms with Crippen LogP contribution < -0.4 is 5.73 Å². The lowest BCUT2D eigenvalue weighted by molar-refractivity contribution is 0.805. The first-order valence-electron chi connectivity index (χ1n) is 6.20. The van der Waals surface area contributed by atoms with E-state index in [0.717, 1.165) is 33.9 Å². The van der Waals surface area contributed by atoms with Crippen molar-refractivity contribution in [1.29, 1.82) is 0 Å². The maximum atomic E-state index is 6.07. The number of halogens is 1. The van der Waals surface area contributed by atoms with Gasteiger partial charge in [0.15, 0.2) is 0 Å². The van der Waals surface area contributed by atoms with E-state index < -0.39 is 0 Å². The lowest BCUT2D eigenvalue weighted by atomic mass is 10.1. The van der Waals surface area contributed by atoms with Crippen LogP contribution in [0.3, 0.4) is 0 Å². The summed E-state index contributed by atoms with van der Waals surface area (Å²) < 4.78 is 2.22. The van der Waals surface area contributed by atoms with E-state index >= 15 is 0 Å². The summed E-state index contributed by atoms with van der Waals surface area (Å²) in [7, 11) is 0. The molecule has 0 aliphatic heterocycles. The highest BCUT2D eigenvalue weighted by atomic mass is 35.5. The topological polar surface area (TPSA) is 43.8 Å². The number of nitrogens with zero attached hydrogens (tertiary/aromatic N) is 2. The highest BCUT2D eigenvalue weighted by Gasteiger charge is 2.10. The first kappa shape index (κ1) is 12.1. The lowest BCUT2D eigenvalue weighted by Crippen LogP contribution is -1.97. The van der Waals surface area contributed by atoms with Gasteiger partial charge in [-0.25, -0.2) is 4.98 Å². The van der Waals surface area contributed by atoms with Crippen molar-refractivity contribution < 1.29 is 0 Å². The third-order valence-electron chi connectivity index (χ3n) is 3.22. The summed E-state index contributed by atoms with van der Waals surface area (Å²) in [6.45, 7) is 2.99. The second-order valence-corrected chi connectivity index (χ2v) is 4.86. The number of nitrogen functional groups attached to an aromatic ring is 1. The standard InChI is InChI=1S/C15H14ClN3/c1-2-19-13-6-7-15(17)18-12(13)9-14(19)10-4-3-5-11(16)8-10/h3-9H,2H2,1H3,(H2,17,18). The summed E-state index contributed by atoms with van der Waals surface area (Å²) in [5.41, 5.74) is 9.95. The molecule has 0 atom stereocenters. The predicted octanol–water partition coefficient (Wildman–Crippen LogP) is 3.96. The quantitative estimate of drug-likeness (QED) is 0.767. The van der Waals surface area contributed by atoms with Gasteiger partial charge in [0, 0.05) is 11.6 Å². The smallest absolute Gasteiger partial charge is 0.124 e. The van der Waals surface area contributed by atoms with Crippen LogP contribution in [0.5, 0.6) is 0 Å². The van der Waals surface area contributed by atoms with Crippen molar-refractivity contribution in [2.75, 3.05) is 5.73 Å². The Morgan fingerprint density at radius 1 is 1.21 bits per heavy atom. The molecule has 0 fully saturated rings. The second kappa shape index (κ2) is 4.59. The molecule has 0 saturated heterocycles. The molecule has 0 aliphatic carbocycles. The number of anilines is 1. The number of pyridine rings is 1. The Labute approximate surface area is 116 Å². The van der Waals surface area contributed by atoms with Crippen LogP contribution in [0.15, 0.2) is 42.5 Å². The number of hydrogen-bond donors (Lipinski definition) is 1. The van der Waals surface area contributed by atoms with E-state index in [1.54, 1.807) is 0 Å². The molecule has 1 aromatic carbocycles. The van der Waals surface area contributed by atoms with Gasteiger partial charge < -0.3 is 10.3 Å². The van der Waals surface area contributed by atoms with Crippen molar-refractivity contribution in [3.05, 3.63) is 47.5 Å². The molecule has 0 bridgehead atoms. The van der Waals surface area contributed by atoms with Crippen molar-refractivity contribution in [2.45, 2.75) is 13.5 Å². The number of fused-ring (bicyclic) bond motifs is 1. The first-order valence-corrected chi connectivity index (χ1v) is 6.58. The fraction of sp³-hybridized carbons (Fsp3) is 0.133. The monoisotopic (exact) mass is 271 g/mol. The van der Waals surface area contributed by atoms with E-state index in [-0.39, 0.29) is 0 Å². The van der Waals surface area contributed by atoms with Crippen LogP contribution in [0.1, 0.15) is 6.92 Å². The summed E-state index contributed by atoms with van der Waals surface area (Å²) in [5, 5.41) is 0.734. The normalized spacial score (nSPS) is 11.1. The number of aromatic nitrogens is 2. The largest absolute Gasteiger partial charge is 0.384 e. The van der Waals surface area contributed by atoms with Crippen molar-refractivity contribution in [3.8, 4) is 11.3 Å². The van der Waals surface area contributed by atoms with Crippen LogP contribution in [-0.2, 0) is 6.54 Å². The van der Waals surface area contributed by atoms with Crippen LogP contribution >= 0.6 is 11.6 Å². The number of rotatable bonds is 2. The summed E-state index contributed by atoms with van der Waals surface area (Å²) in [6.07, 6.45) is 0. The van der Waals surface area contributed by atoms with Crippen molar-refractivity contribution in [1.82, 2.24) is 9.55 Å². The van der Waals surface area contributed by atoms with Crippen molar-refractivity contribution >= 4 is 28.5 Å². The van der Waals surface area contributed by atoms with Gasteiger partial charge in [0.2, 0.25) is 0 Å². The number of benzene rings is 1. The predicted molar refractivity (Wildman–Crippen MR) is 80.3 cm³/mol. The van der Waals surface area contributed by atoms with Gasteiger partial charge in [-0.3, -0.25) is 0 Å². The van der Waals surface area contributed by atoms with Crippen molar-refractivity contribution in [2.24, 2.45) is 0 Å². The zero-order chi connectivity index (χ0) is 13.4. The highest BCUT2D eigenvalue weighted by Crippen LogP contribution is 2.29. The Bertz CT molecular complexity index is 746. The van der Waals surface area contributed by atoms with E-state index in [1.165, 1.54) is 0 Å². The first-order chi connectivity index (χ1) is 9.19. The molecule has 2 N–H and O–H groups in total. The number of aryl methyl sites for hydroxylation is 1. The molecule has 96 valence electrons. The number of nitrogens with two attached hydrogens (primary N) is 1. The van der Waals surface area contributed by atoms with E-state index in [2.05, 4.69) is 28.6 Å². The Morgan fingerprint density at radius 3 is 2.79 bits per heavy atom. The third-order valence-corrected chi connectivity index (χ3v) is 3.45. The van der Waals surface area contributed by atoms with Gasteiger partial charge >= 0.3 is 0 Å². The lowest BCUT2D eigenvalue weighted by Gasteiger charge is -2.08. The average molecular weight is 272 g/mol. The van der Waals surface area contributed by atoms with E-state index in [1.807, 2.05) is 30.3 Å². The minimum absolute atomic E-state index is 0.540. The average Bonchev–Trinajstić information content (AvgIpc) is 2.76. The summed E-state index contributed by atoms with van der Waals surface area (Å²) in [4.78, 5) is 4.38. The summed E-state index contributed by atoms with van der Waals surface area (Å²) >= 11 is 6.07. The molecule has 0 spiro atoms. The van der Waals surface area contributed by atoms with Crippen LogP contribution in [0.25, 0.3) is 22.3 Å². The zero-order valence-corrected chi connectivity index (χ0v) is 11.4. The molecule has 0 unspecified atom stereocenters. The van der Waals surface area contributed by atoms with Crippen LogP contribution in [0.4, 0.5) is 5.82 Å². The molecule has 2 heterocycles. The van der Waals surface area contributed by atoms with Crippen LogP contribution in [0, 0.1) is 0 Å². The Balaban J connectivity index is 2.28. The van der Waals surface area contributed by atoms with E-state index in [0.29, 0.717) is 5.82 Å². The van der Waals surface area contributed by atoms with Gasteiger partial charge in [-0.2, -0.15) is 0 Å². The summed E-state index contributed by atoms with van der Waals surface area (Å²) in [5.74, 6) is 0.540. The zero-order valence-electron chi connectivity index (χ0n) is 10.6. The molecule has 0 amide bonds. The third kappa shape index (κ3) is 2.06. The number of hydrogen-bond acceptors (Lipinski definition) is 2. The van der Waals surface area contributed by atoms with E-state index in [9.17, 15) is 0 Å².